The zero-order valence-corrected chi connectivity index (χ0v) is 30.0. The summed E-state index contributed by atoms with van der Waals surface area (Å²) in [5.41, 5.74) is 10.9. The largest absolute Gasteiger partial charge is 0.309 e. The molecule has 11 rings (SSSR count). The van der Waals surface area contributed by atoms with Crippen LogP contribution in [0.1, 0.15) is 0 Å². The average molecular weight is 706 g/mol. The summed E-state index contributed by atoms with van der Waals surface area (Å²) in [6.07, 6.45) is 0. The first-order valence-corrected chi connectivity index (χ1v) is 19.1. The first kappa shape index (κ1) is 30.7. The van der Waals surface area contributed by atoms with Crippen molar-refractivity contribution < 1.29 is 0 Å². The molecule has 0 atom stereocenters. The van der Waals surface area contributed by atoms with Crippen molar-refractivity contribution in [2.45, 2.75) is 0 Å². The molecule has 54 heavy (non-hydrogen) atoms. The fourth-order valence-corrected chi connectivity index (χ4v) is 9.27. The molecule has 0 unspecified atom stereocenters. The number of nitrogens with zero attached hydrogens (tertiary/aromatic N) is 3. The Morgan fingerprint density at radius 3 is 1.81 bits per heavy atom. The van der Waals surface area contributed by atoms with Gasteiger partial charge in [-0.15, -0.1) is 11.3 Å². The standard InChI is InChI=1S/C50H31N3S/c1-3-14-33(15-4-1)41-31-42(34-16-5-2-6-17-34)52-50(51-41)37-19-11-18-35(29-37)36-25-27-40-47(30-36)54-46-24-12-23-44(49(40)46)53-43-22-10-9-21-39(43)48-38-20-8-7-13-32(38)26-28-45(48)53/h1-31H. The van der Waals surface area contributed by atoms with E-state index in [4.69, 9.17) is 9.97 Å². The number of aromatic nitrogens is 3. The van der Waals surface area contributed by atoms with Crippen LogP contribution in [0.15, 0.2) is 188 Å². The molecule has 252 valence electrons. The number of para-hydroxylation sites is 1. The Morgan fingerprint density at radius 2 is 1.02 bits per heavy atom. The van der Waals surface area contributed by atoms with E-state index >= 15 is 0 Å². The molecule has 0 N–H and O–H groups in total. The maximum absolute atomic E-state index is 5.10. The third-order valence-electron chi connectivity index (χ3n) is 10.6. The maximum atomic E-state index is 5.10. The Hall–Kier alpha value is -6.88. The van der Waals surface area contributed by atoms with Crippen molar-refractivity contribution in [1.29, 1.82) is 0 Å². The van der Waals surface area contributed by atoms with E-state index in [1.54, 1.807) is 0 Å². The molecule has 0 bridgehead atoms. The molecule has 11 aromatic rings. The Labute approximate surface area is 316 Å². The third-order valence-corrected chi connectivity index (χ3v) is 11.7. The molecule has 8 aromatic carbocycles. The van der Waals surface area contributed by atoms with E-state index in [2.05, 4.69) is 180 Å². The molecule has 3 aromatic heterocycles. The first-order chi connectivity index (χ1) is 26.8. The van der Waals surface area contributed by atoms with Gasteiger partial charge >= 0.3 is 0 Å². The number of rotatable bonds is 5. The summed E-state index contributed by atoms with van der Waals surface area (Å²) in [6, 6.07) is 67.2. The van der Waals surface area contributed by atoms with Crippen molar-refractivity contribution in [1.82, 2.24) is 14.5 Å². The molecule has 0 saturated heterocycles. The molecule has 3 heterocycles. The first-order valence-electron chi connectivity index (χ1n) is 18.2. The lowest BCUT2D eigenvalue weighted by Gasteiger charge is -2.11. The second-order valence-electron chi connectivity index (χ2n) is 13.8. The molecule has 0 saturated carbocycles. The van der Waals surface area contributed by atoms with Crippen LogP contribution in [0.25, 0.3) is 103 Å². The van der Waals surface area contributed by atoms with Gasteiger partial charge in [0.05, 0.1) is 28.1 Å². The summed E-state index contributed by atoms with van der Waals surface area (Å²) in [5, 5.41) is 7.68. The second-order valence-corrected chi connectivity index (χ2v) is 14.9. The van der Waals surface area contributed by atoms with Crippen molar-refractivity contribution in [3.63, 3.8) is 0 Å². The van der Waals surface area contributed by atoms with Crippen molar-refractivity contribution in [3.8, 4) is 50.7 Å². The van der Waals surface area contributed by atoms with Gasteiger partial charge in [0.1, 0.15) is 0 Å². The van der Waals surface area contributed by atoms with E-state index in [9.17, 15) is 0 Å². The zero-order valence-electron chi connectivity index (χ0n) is 29.1. The van der Waals surface area contributed by atoms with Gasteiger partial charge in [-0.25, -0.2) is 9.97 Å². The summed E-state index contributed by atoms with van der Waals surface area (Å²) in [7, 11) is 0. The minimum Gasteiger partial charge on any atom is -0.309 e. The van der Waals surface area contributed by atoms with Crippen LogP contribution in [0.2, 0.25) is 0 Å². The van der Waals surface area contributed by atoms with E-state index < -0.39 is 0 Å². The molecule has 0 aliphatic carbocycles. The number of hydrogen-bond donors (Lipinski definition) is 0. The molecule has 0 aliphatic heterocycles. The van der Waals surface area contributed by atoms with Gasteiger partial charge in [-0.05, 0) is 64.4 Å². The van der Waals surface area contributed by atoms with E-state index in [1.165, 1.54) is 64.0 Å². The van der Waals surface area contributed by atoms with Gasteiger partial charge in [0.25, 0.3) is 0 Å². The number of benzene rings is 8. The lowest BCUT2D eigenvalue weighted by Crippen LogP contribution is -1.96. The highest BCUT2D eigenvalue weighted by Crippen LogP contribution is 2.43. The predicted molar refractivity (Wildman–Crippen MR) is 229 cm³/mol. The van der Waals surface area contributed by atoms with Crippen LogP contribution in [0.3, 0.4) is 0 Å². The van der Waals surface area contributed by atoms with Crippen molar-refractivity contribution in [2.75, 3.05) is 0 Å². The van der Waals surface area contributed by atoms with Gasteiger partial charge in [0.2, 0.25) is 0 Å². The minimum absolute atomic E-state index is 0.712. The molecule has 0 aliphatic rings. The maximum Gasteiger partial charge on any atom is 0.160 e. The molecule has 3 nitrogen and oxygen atoms in total. The van der Waals surface area contributed by atoms with Gasteiger partial charge in [-0.1, -0.05) is 146 Å². The Balaban J connectivity index is 1.05. The smallest absolute Gasteiger partial charge is 0.160 e. The van der Waals surface area contributed by atoms with Crippen LogP contribution in [0.4, 0.5) is 0 Å². The van der Waals surface area contributed by atoms with Gasteiger partial charge in [0, 0.05) is 47.6 Å². The van der Waals surface area contributed by atoms with Crippen molar-refractivity contribution in [3.05, 3.63) is 188 Å². The molecular formula is C50H31N3S. The third kappa shape index (κ3) is 4.96. The number of fused-ring (bicyclic) bond motifs is 8. The van der Waals surface area contributed by atoms with E-state index in [-0.39, 0.29) is 0 Å². The summed E-state index contributed by atoms with van der Waals surface area (Å²) < 4.78 is 5.01. The highest BCUT2D eigenvalue weighted by Gasteiger charge is 2.19. The Morgan fingerprint density at radius 1 is 0.370 bits per heavy atom. The van der Waals surface area contributed by atoms with E-state index in [0.29, 0.717) is 5.82 Å². The highest BCUT2D eigenvalue weighted by atomic mass is 32.1. The quantitative estimate of drug-likeness (QED) is 0.178. The van der Waals surface area contributed by atoms with Crippen LogP contribution < -0.4 is 0 Å². The SMILES string of the molecule is c1ccc(-c2cc(-c3ccccc3)nc(-c3cccc(-c4ccc5c(c4)sc4cccc(-n6c7ccccc7c7c8ccccc8ccc76)c45)c3)n2)cc1. The molecule has 4 heteroatoms. The lowest BCUT2D eigenvalue weighted by molar-refractivity contribution is 1.18. The fourth-order valence-electron chi connectivity index (χ4n) is 8.10. The Bertz CT molecular complexity index is 3150. The normalized spacial score (nSPS) is 11.7. The molecule has 0 fully saturated rings. The predicted octanol–water partition coefficient (Wildman–Crippen LogP) is 13.8. The van der Waals surface area contributed by atoms with Gasteiger partial charge < -0.3 is 4.57 Å². The lowest BCUT2D eigenvalue weighted by atomic mass is 10.0. The molecule has 0 amide bonds. The molecule has 0 spiro atoms. The Kier molecular flexibility index (Phi) is 7.04. The highest BCUT2D eigenvalue weighted by molar-refractivity contribution is 7.26. The van der Waals surface area contributed by atoms with Crippen LogP contribution >= 0.6 is 11.3 Å². The summed E-state index contributed by atoms with van der Waals surface area (Å²) in [6.45, 7) is 0. The number of thiophene rings is 1. The summed E-state index contributed by atoms with van der Waals surface area (Å²) in [4.78, 5) is 10.2. The topological polar surface area (TPSA) is 30.7 Å². The fraction of sp³-hybridized carbons (Fsp3) is 0. The van der Waals surface area contributed by atoms with Crippen LogP contribution in [0.5, 0.6) is 0 Å². The second kappa shape index (κ2) is 12.4. The molecular weight excluding hydrogens is 675 g/mol. The summed E-state index contributed by atoms with van der Waals surface area (Å²) in [5.74, 6) is 0.712. The summed E-state index contributed by atoms with van der Waals surface area (Å²) >= 11 is 1.86. The van der Waals surface area contributed by atoms with Gasteiger partial charge in [0.15, 0.2) is 5.82 Å². The van der Waals surface area contributed by atoms with Crippen LogP contribution in [0, 0.1) is 0 Å². The van der Waals surface area contributed by atoms with Gasteiger partial charge in [-0.2, -0.15) is 0 Å². The number of hydrogen-bond acceptors (Lipinski definition) is 3. The zero-order chi connectivity index (χ0) is 35.6. The average Bonchev–Trinajstić information content (AvgIpc) is 3.80. The van der Waals surface area contributed by atoms with Crippen LogP contribution in [-0.2, 0) is 0 Å². The minimum atomic E-state index is 0.712. The van der Waals surface area contributed by atoms with Gasteiger partial charge in [-0.3, -0.25) is 0 Å². The van der Waals surface area contributed by atoms with Crippen molar-refractivity contribution >= 4 is 64.1 Å². The monoisotopic (exact) mass is 705 g/mol. The van der Waals surface area contributed by atoms with Crippen LogP contribution in [-0.4, -0.2) is 14.5 Å². The molecule has 0 radical (unpaired) electrons. The van der Waals surface area contributed by atoms with E-state index in [0.717, 1.165) is 33.6 Å². The van der Waals surface area contributed by atoms with Crippen molar-refractivity contribution in [2.24, 2.45) is 0 Å². The van der Waals surface area contributed by atoms with E-state index in [1.807, 2.05) is 23.5 Å².